The summed E-state index contributed by atoms with van der Waals surface area (Å²) in [5.41, 5.74) is 3.78. The number of pyridine rings is 1. The number of benzene rings is 3. The highest BCUT2D eigenvalue weighted by Gasteiger charge is 2.50. The molecule has 15 nitrogen and oxygen atoms in total. The van der Waals surface area contributed by atoms with Crippen LogP contribution >= 0.6 is 0 Å². The van der Waals surface area contributed by atoms with Crippen molar-refractivity contribution in [3.63, 3.8) is 0 Å². The molecule has 3 N–H and O–H groups in total. The molecule has 5 aromatic rings. The fourth-order valence-corrected chi connectivity index (χ4v) is 12.6. The number of aromatic amines is 1. The maximum atomic E-state index is 14.7. The number of piperidine rings is 1. The van der Waals surface area contributed by atoms with Crippen LogP contribution in [0, 0.1) is 27.3 Å². The molecule has 67 heavy (non-hydrogen) atoms. The van der Waals surface area contributed by atoms with Gasteiger partial charge >= 0.3 is 0 Å². The first-order chi connectivity index (χ1) is 32.3. The average molecular weight is 936 g/mol. The van der Waals surface area contributed by atoms with Crippen molar-refractivity contribution in [2.75, 3.05) is 43.6 Å². The maximum absolute atomic E-state index is 14.7. The van der Waals surface area contributed by atoms with Crippen molar-refractivity contribution in [1.82, 2.24) is 19.6 Å². The number of sulfonamides is 1. The maximum Gasteiger partial charge on any atom is 0.297 e. The summed E-state index contributed by atoms with van der Waals surface area (Å²) >= 11 is 0. The summed E-state index contributed by atoms with van der Waals surface area (Å²) in [6, 6.07) is 18.3. The minimum absolute atomic E-state index is 0.00509. The van der Waals surface area contributed by atoms with Gasteiger partial charge in [0.2, 0.25) is 0 Å². The van der Waals surface area contributed by atoms with Gasteiger partial charge in [-0.3, -0.25) is 19.8 Å². The molecule has 354 valence electrons. The molecule has 0 unspecified atom stereocenters. The van der Waals surface area contributed by atoms with E-state index < -0.39 is 37.3 Å². The van der Waals surface area contributed by atoms with Crippen molar-refractivity contribution in [2.45, 2.75) is 113 Å². The van der Waals surface area contributed by atoms with Gasteiger partial charge in [-0.05, 0) is 117 Å². The number of rotatable bonds is 12. The fraction of sp³-hybridized carbons (Fsp3) is 0.480. The minimum atomic E-state index is -4.69. The summed E-state index contributed by atoms with van der Waals surface area (Å²) in [5.74, 6) is -0.717. The van der Waals surface area contributed by atoms with Gasteiger partial charge in [0.1, 0.15) is 29.6 Å². The number of methoxy groups -OCH3 is 1. The number of nitrogens with one attached hydrogen (secondary N) is 3. The number of H-pyrrole nitrogens is 1. The Bertz CT molecular complexity index is 2800. The first-order valence-electron chi connectivity index (χ1n) is 23.6. The van der Waals surface area contributed by atoms with Crippen LogP contribution in [0.4, 0.5) is 21.5 Å². The number of halogens is 1. The van der Waals surface area contributed by atoms with Crippen LogP contribution in [0.3, 0.4) is 0 Å². The number of nitro benzene ring substituents is 1. The van der Waals surface area contributed by atoms with Gasteiger partial charge in [0.25, 0.3) is 21.6 Å². The molecule has 2 aromatic heterocycles. The van der Waals surface area contributed by atoms with E-state index in [1.54, 1.807) is 19.2 Å². The molecule has 2 saturated heterocycles. The SMILES string of the molecule is CO[C@H]1CC[C@H]([C@H]2COc3cc(S(=O)(=O)NC(=O)c4ccc(N5CCC6(CC5)CC(N5CCC[C@@H]5c5ccccc5C(C)C)C6)cc4Oc4cnc5[nH]cc(F)c5c4)cc([N+](=O)[O-])c3N2)CC1. The zero-order valence-corrected chi connectivity index (χ0v) is 38.9. The number of carbonyl (C=O) groups is 1. The largest absolute Gasteiger partial charge is 0.489 e. The van der Waals surface area contributed by atoms with E-state index in [0.717, 1.165) is 69.9 Å². The molecule has 1 amide bonds. The number of carbonyl (C=O) groups excluding carboxylic acids is 1. The third-order valence-corrected chi connectivity index (χ3v) is 16.6. The minimum Gasteiger partial charge on any atom is -0.489 e. The Kier molecular flexibility index (Phi) is 12.1. The number of nitrogens with zero attached hydrogens (tertiary/aromatic N) is 4. The molecule has 5 aliphatic rings. The lowest BCUT2D eigenvalue weighted by Gasteiger charge is -2.56. The molecule has 2 atom stereocenters. The van der Waals surface area contributed by atoms with Crippen molar-refractivity contribution >= 4 is 44.0 Å². The Hall–Kier alpha value is -5.78. The highest BCUT2D eigenvalue weighted by Crippen LogP contribution is 2.54. The average Bonchev–Trinajstić information content (AvgIpc) is 3.96. The number of fused-ring (bicyclic) bond motifs is 2. The van der Waals surface area contributed by atoms with Crippen molar-refractivity contribution in [1.29, 1.82) is 0 Å². The van der Waals surface area contributed by atoms with E-state index in [9.17, 15) is 27.7 Å². The Morgan fingerprint density at radius 3 is 2.55 bits per heavy atom. The summed E-state index contributed by atoms with van der Waals surface area (Å²) in [6.07, 6.45) is 13.0. The molecular weight excluding hydrogens is 878 g/mol. The van der Waals surface area contributed by atoms with E-state index in [0.29, 0.717) is 23.6 Å². The molecule has 10 rings (SSSR count). The van der Waals surface area contributed by atoms with E-state index in [4.69, 9.17) is 14.2 Å². The lowest BCUT2D eigenvalue weighted by atomic mass is 9.59. The third kappa shape index (κ3) is 8.81. The van der Waals surface area contributed by atoms with Crippen LogP contribution in [0.15, 0.2) is 78.0 Å². The number of nitro groups is 1. The second kappa shape index (κ2) is 18.0. The third-order valence-electron chi connectivity index (χ3n) is 15.3. The summed E-state index contributed by atoms with van der Waals surface area (Å²) in [4.78, 5) is 37.4. The Balaban J connectivity index is 0.861. The van der Waals surface area contributed by atoms with Gasteiger partial charge in [0.05, 0.1) is 39.1 Å². The Morgan fingerprint density at radius 1 is 1.03 bits per heavy atom. The fourth-order valence-electron chi connectivity index (χ4n) is 11.6. The number of likely N-dealkylation sites (tertiary alicyclic amines) is 1. The predicted molar refractivity (Wildman–Crippen MR) is 252 cm³/mol. The first kappa shape index (κ1) is 45.0. The van der Waals surface area contributed by atoms with Gasteiger partial charge in [0, 0.05) is 62.4 Å². The molecule has 3 aliphatic heterocycles. The molecule has 5 heterocycles. The molecule has 0 radical (unpaired) electrons. The van der Waals surface area contributed by atoms with Crippen LogP contribution < -0.4 is 24.4 Å². The van der Waals surface area contributed by atoms with Gasteiger partial charge in [-0.2, -0.15) is 0 Å². The van der Waals surface area contributed by atoms with Gasteiger partial charge < -0.3 is 29.4 Å². The van der Waals surface area contributed by atoms with Crippen molar-refractivity contribution < 1.29 is 36.7 Å². The van der Waals surface area contributed by atoms with Gasteiger partial charge in [0.15, 0.2) is 11.4 Å². The van der Waals surface area contributed by atoms with Crippen LogP contribution in [0.5, 0.6) is 17.2 Å². The number of hydrogen-bond donors (Lipinski definition) is 3. The summed E-state index contributed by atoms with van der Waals surface area (Å²) < 4.78 is 62.5. The van der Waals surface area contributed by atoms with E-state index >= 15 is 0 Å². The van der Waals surface area contributed by atoms with E-state index in [1.165, 1.54) is 67.4 Å². The quantitative estimate of drug-likeness (QED) is 0.0797. The smallest absolute Gasteiger partial charge is 0.297 e. The molecule has 1 spiro atoms. The van der Waals surface area contributed by atoms with Crippen LogP contribution in [-0.4, -0.2) is 85.7 Å². The van der Waals surface area contributed by atoms with Gasteiger partial charge in [-0.25, -0.2) is 22.5 Å². The predicted octanol–water partition coefficient (Wildman–Crippen LogP) is 9.61. The second-order valence-corrected chi connectivity index (χ2v) is 21.2. The van der Waals surface area contributed by atoms with Gasteiger partial charge in [-0.15, -0.1) is 0 Å². The molecular formula is C50H58FN7O8S. The first-order valence-corrected chi connectivity index (χ1v) is 25.1. The highest BCUT2D eigenvalue weighted by atomic mass is 32.2. The van der Waals surface area contributed by atoms with Gasteiger partial charge in [-0.1, -0.05) is 38.1 Å². The Labute approximate surface area is 390 Å². The number of anilines is 2. The summed E-state index contributed by atoms with van der Waals surface area (Å²) in [6.45, 7) is 7.45. The molecule has 17 heteroatoms. The monoisotopic (exact) mass is 935 g/mol. The second-order valence-electron chi connectivity index (χ2n) is 19.6. The number of hydrogen-bond acceptors (Lipinski definition) is 12. The van der Waals surface area contributed by atoms with Crippen LogP contribution in [-0.2, 0) is 14.8 Å². The van der Waals surface area contributed by atoms with E-state index in [2.05, 4.69) is 67.9 Å². The van der Waals surface area contributed by atoms with Crippen molar-refractivity contribution in [3.8, 4) is 17.2 Å². The zero-order chi connectivity index (χ0) is 46.6. The Morgan fingerprint density at radius 2 is 1.81 bits per heavy atom. The zero-order valence-electron chi connectivity index (χ0n) is 38.1. The summed E-state index contributed by atoms with van der Waals surface area (Å²) in [7, 11) is -3.00. The number of ether oxygens (including phenoxy) is 3. The standard InChI is InChI=1S/C50H58FN7O8S/c1-30(2)37-7-4-5-8-38(37)43-9-6-18-57(43)33-25-50(26-33)16-19-56(20-17-50)32-12-15-39(45(21-32)66-35-22-40-41(51)28-53-48(40)52-27-35)49(59)55-67(62,63)36-23-44(58(60)61)47-46(24-36)65-29-42(54-47)31-10-13-34(64-3)14-11-31/h4-5,7-8,12,15,21-24,27-28,30-31,33-34,42-43,54H,6,9-11,13-14,16-20,25-26,29H2,1-3H3,(H,52,53)(H,55,59)/t31-,34-,42-,43-/m1/s1. The molecule has 2 saturated carbocycles. The molecule has 3 aromatic carbocycles. The van der Waals surface area contributed by atoms with Crippen LogP contribution in [0.1, 0.15) is 112 Å². The van der Waals surface area contributed by atoms with Crippen LogP contribution in [0.2, 0.25) is 0 Å². The molecule has 2 aliphatic carbocycles. The molecule has 0 bridgehead atoms. The highest BCUT2D eigenvalue weighted by molar-refractivity contribution is 7.90. The van der Waals surface area contributed by atoms with Crippen LogP contribution in [0.25, 0.3) is 11.0 Å². The van der Waals surface area contributed by atoms with E-state index in [-0.39, 0.29) is 64.0 Å². The number of amides is 1. The molecule has 4 fully saturated rings. The van der Waals surface area contributed by atoms with E-state index in [1.807, 2.05) is 0 Å². The van der Waals surface area contributed by atoms with Crippen molar-refractivity contribution in [3.05, 3.63) is 106 Å². The lowest BCUT2D eigenvalue weighted by molar-refractivity contribution is -0.384. The normalized spacial score (nSPS) is 23.1. The van der Waals surface area contributed by atoms with Crippen molar-refractivity contribution in [2.24, 2.45) is 11.3 Å². The lowest BCUT2D eigenvalue weighted by Crippen LogP contribution is -2.54. The number of aromatic nitrogens is 2. The topological polar surface area (TPSA) is 181 Å². The summed E-state index contributed by atoms with van der Waals surface area (Å²) in [5, 5.41) is 15.8.